The summed E-state index contributed by atoms with van der Waals surface area (Å²) in [4.78, 5) is 2.43. The lowest BCUT2D eigenvalue weighted by Gasteiger charge is -2.20. The van der Waals surface area contributed by atoms with Crippen LogP contribution in [0.5, 0.6) is 0 Å². The van der Waals surface area contributed by atoms with Gasteiger partial charge in [-0.1, -0.05) is 29.8 Å². The molecule has 0 radical (unpaired) electrons. The second kappa shape index (κ2) is 7.56. The van der Waals surface area contributed by atoms with Gasteiger partial charge in [0.2, 0.25) is 0 Å². The van der Waals surface area contributed by atoms with Crippen LogP contribution in [0.4, 0.5) is 11.4 Å². The Morgan fingerprint density at radius 2 is 2.06 bits per heavy atom. The van der Waals surface area contributed by atoms with E-state index in [0.29, 0.717) is 0 Å². The van der Waals surface area contributed by atoms with Crippen molar-refractivity contribution in [1.29, 1.82) is 0 Å². The van der Waals surface area contributed by atoms with Crippen LogP contribution in [0, 0.1) is 0 Å². The number of rotatable bonds is 7. The molecule has 96 valence electrons. The van der Waals surface area contributed by atoms with E-state index in [0.717, 1.165) is 42.0 Å². The van der Waals surface area contributed by atoms with Crippen molar-refractivity contribution in [1.82, 2.24) is 4.90 Å². The number of benzene rings is 1. The molecule has 0 unspecified atom stereocenters. The number of nitrogens with one attached hydrogen (secondary N) is 1. The molecule has 0 atom stereocenters. The van der Waals surface area contributed by atoms with Crippen molar-refractivity contribution in [2.75, 3.05) is 37.2 Å². The third kappa shape index (κ3) is 4.96. The zero-order valence-corrected chi connectivity index (χ0v) is 12.3. The SMILES string of the molecule is CCCN(CC)CCNc1cc(Br)ccc1N. The summed E-state index contributed by atoms with van der Waals surface area (Å²) in [6.45, 7) is 8.64. The van der Waals surface area contributed by atoms with Gasteiger partial charge < -0.3 is 16.0 Å². The Morgan fingerprint density at radius 3 is 2.71 bits per heavy atom. The molecule has 1 aromatic carbocycles. The molecule has 0 saturated heterocycles. The molecule has 4 heteroatoms. The lowest BCUT2D eigenvalue weighted by molar-refractivity contribution is 0.300. The quantitative estimate of drug-likeness (QED) is 0.760. The Kier molecular flexibility index (Phi) is 6.37. The highest BCUT2D eigenvalue weighted by molar-refractivity contribution is 9.10. The highest BCUT2D eigenvalue weighted by Crippen LogP contribution is 2.22. The second-order valence-corrected chi connectivity index (χ2v) is 5.01. The fourth-order valence-corrected chi connectivity index (χ4v) is 2.14. The van der Waals surface area contributed by atoms with Gasteiger partial charge in [-0.3, -0.25) is 0 Å². The Morgan fingerprint density at radius 1 is 1.29 bits per heavy atom. The molecule has 1 rings (SSSR count). The van der Waals surface area contributed by atoms with Gasteiger partial charge >= 0.3 is 0 Å². The molecule has 3 N–H and O–H groups in total. The van der Waals surface area contributed by atoms with E-state index in [2.05, 4.69) is 40.0 Å². The zero-order valence-electron chi connectivity index (χ0n) is 10.7. The first kappa shape index (κ1) is 14.3. The average molecular weight is 300 g/mol. The molecular formula is C13H22BrN3. The summed E-state index contributed by atoms with van der Waals surface area (Å²) in [5, 5.41) is 3.38. The predicted molar refractivity (Wildman–Crippen MR) is 79.4 cm³/mol. The maximum atomic E-state index is 5.90. The van der Waals surface area contributed by atoms with Crippen LogP contribution in [0.15, 0.2) is 22.7 Å². The standard InChI is InChI=1S/C13H22BrN3/c1-3-8-17(4-2)9-7-16-13-10-11(14)5-6-12(13)15/h5-6,10,16H,3-4,7-9,15H2,1-2H3. The van der Waals surface area contributed by atoms with Gasteiger partial charge in [0.1, 0.15) is 0 Å². The van der Waals surface area contributed by atoms with Crippen LogP contribution in [0.25, 0.3) is 0 Å². The van der Waals surface area contributed by atoms with E-state index in [4.69, 9.17) is 5.73 Å². The van der Waals surface area contributed by atoms with Crippen molar-refractivity contribution in [2.24, 2.45) is 0 Å². The minimum absolute atomic E-state index is 0.798. The van der Waals surface area contributed by atoms with Crippen molar-refractivity contribution >= 4 is 27.3 Å². The van der Waals surface area contributed by atoms with Gasteiger partial charge in [-0.25, -0.2) is 0 Å². The van der Waals surface area contributed by atoms with Crippen LogP contribution in [0.3, 0.4) is 0 Å². The summed E-state index contributed by atoms with van der Waals surface area (Å²) in [6, 6.07) is 5.89. The fraction of sp³-hybridized carbons (Fsp3) is 0.538. The van der Waals surface area contributed by atoms with E-state index in [1.807, 2.05) is 18.2 Å². The predicted octanol–water partition coefficient (Wildman–Crippen LogP) is 3.18. The summed E-state index contributed by atoms with van der Waals surface area (Å²) in [6.07, 6.45) is 1.20. The lowest BCUT2D eigenvalue weighted by atomic mass is 10.2. The van der Waals surface area contributed by atoms with Gasteiger partial charge in [0.25, 0.3) is 0 Å². The number of halogens is 1. The first-order valence-corrected chi connectivity index (χ1v) is 6.98. The van der Waals surface area contributed by atoms with Crippen LogP contribution < -0.4 is 11.1 Å². The number of hydrogen-bond acceptors (Lipinski definition) is 3. The molecule has 0 heterocycles. The van der Waals surface area contributed by atoms with Gasteiger partial charge in [0.15, 0.2) is 0 Å². The van der Waals surface area contributed by atoms with Gasteiger partial charge in [0.05, 0.1) is 11.4 Å². The van der Waals surface area contributed by atoms with E-state index in [9.17, 15) is 0 Å². The summed E-state index contributed by atoms with van der Waals surface area (Å²) in [5.74, 6) is 0. The zero-order chi connectivity index (χ0) is 12.7. The number of nitrogens with two attached hydrogens (primary N) is 1. The number of anilines is 2. The topological polar surface area (TPSA) is 41.3 Å². The average Bonchev–Trinajstić information content (AvgIpc) is 2.32. The van der Waals surface area contributed by atoms with E-state index in [1.165, 1.54) is 6.42 Å². The van der Waals surface area contributed by atoms with Crippen molar-refractivity contribution in [3.63, 3.8) is 0 Å². The number of likely N-dealkylation sites (N-methyl/N-ethyl adjacent to an activating group) is 1. The Bertz CT molecular complexity index is 341. The number of nitrogens with zero attached hydrogens (tertiary/aromatic N) is 1. The Balaban J connectivity index is 2.42. The third-order valence-corrected chi connectivity index (χ3v) is 3.24. The molecular weight excluding hydrogens is 278 g/mol. The first-order valence-electron chi connectivity index (χ1n) is 6.18. The molecule has 0 fully saturated rings. The fourth-order valence-electron chi connectivity index (χ4n) is 1.77. The van der Waals surface area contributed by atoms with E-state index in [1.54, 1.807) is 0 Å². The molecule has 0 saturated carbocycles. The maximum absolute atomic E-state index is 5.90. The van der Waals surface area contributed by atoms with Gasteiger partial charge in [-0.15, -0.1) is 0 Å². The van der Waals surface area contributed by atoms with Gasteiger partial charge in [-0.2, -0.15) is 0 Å². The molecule has 0 bridgehead atoms. The summed E-state index contributed by atoms with van der Waals surface area (Å²) >= 11 is 3.45. The number of nitrogen functional groups attached to an aromatic ring is 1. The maximum Gasteiger partial charge on any atom is 0.0585 e. The minimum Gasteiger partial charge on any atom is -0.397 e. The summed E-state index contributed by atoms with van der Waals surface area (Å²) in [7, 11) is 0. The lowest BCUT2D eigenvalue weighted by Crippen LogP contribution is -2.29. The van der Waals surface area contributed by atoms with Crippen LogP contribution >= 0.6 is 15.9 Å². The van der Waals surface area contributed by atoms with E-state index >= 15 is 0 Å². The molecule has 0 spiro atoms. The molecule has 17 heavy (non-hydrogen) atoms. The normalized spacial score (nSPS) is 10.8. The monoisotopic (exact) mass is 299 g/mol. The molecule has 0 aliphatic heterocycles. The highest BCUT2D eigenvalue weighted by atomic mass is 79.9. The molecule has 0 aromatic heterocycles. The van der Waals surface area contributed by atoms with Gasteiger partial charge in [-0.05, 0) is 37.7 Å². The van der Waals surface area contributed by atoms with E-state index in [-0.39, 0.29) is 0 Å². The van der Waals surface area contributed by atoms with Crippen LogP contribution in [-0.2, 0) is 0 Å². The van der Waals surface area contributed by atoms with E-state index < -0.39 is 0 Å². The molecule has 0 aliphatic carbocycles. The summed E-state index contributed by atoms with van der Waals surface area (Å²) < 4.78 is 1.05. The highest BCUT2D eigenvalue weighted by Gasteiger charge is 2.02. The summed E-state index contributed by atoms with van der Waals surface area (Å²) in [5.41, 5.74) is 7.70. The van der Waals surface area contributed by atoms with Crippen molar-refractivity contribution in [3.8, 4) is 0 Å². The Labute approximate surface area is 113 Å². The number of hydrogen-bond donors (Lipinski definition) is 2. The van der Waals surface area contributed by atoms with Crippen molar-refractivity contribution in [3.05, 3.63) is 22.7 Å². The third-order valence-electron chi connectivity index (χ3n) is 2.75. The van der Waals surface area contributed by atoms with Crippen molar-refractivity contribution in [2.45, 2.75) is 20.3 Å². The van der Waals surface area contributed by atoms with Crippen LogP contribution in [0.2, 0.25) is 0 Å². The largest absolute Gasteiger partial charge is 0.397 e. The van der Waals surface area contributed by atoms with Crippen LogP contribution in [-0.4, -0.2) is 31.1 Å². The van der Waals surface area contributed by atoms with Crippen molar-refractivity contribution < 1.29 is 0 Å². The first-order chi connectivity index (χ1) is 8.17. The smallest absolute Gasteiger partial charge is 0.0585 e. The molecule has 0 amide bonds. The Hall–Kier alpha value is -0.740. The van der Waals surface area contributed by atoms with Gasteiger partial charge in [0, 0.05) is 17.6 Å². The van der Waals surface area contributed by atoms with Crippen LogP contribution in [0.1, 0.15) is 20.3 Å². The molecule has 1 aromatic rings. The molecule has 3 nitrogen and oxygen atoms in total. The minimum atomic E-state index is 0.798. The molecule has 0 aliphatic rings. The second-order valence-electron chi connectivity index (χ2n) is 4.09.